The standard InChI is InChI=1S/C5H12NO3P/c1-10(7)8-4-2-6-3-5-9-10/h6H,2-5H2,1H3. The highest BCUT2D eigenvalue weighted by molar-refractivity contribution is 7.52. The number of rotatable bonds is 0. The van der Waals surface area contributed by atoms with Crippen molar-refractivity contribution in [1.82, 2.24) is 5.32 Å². The summed E-state index contributed by atoms with van der Waals surface area (Å²) in [6.07, 6.45) is 0. The van der Waals surface area contributed by atoms with Crippen molar-refractivity contribution >= 4 is 7.60 Å². The lowest BCUT2D eigenvalue weighted by atomic mass is 10.6. The largest absolute Gasteiger partial charge is 0.327 e. The van der Waals surface area contributed by atoms with Crippen LogP contribution in [0.25, 0.3) is 0 Å². The molecule has 0 radical (unpaired) electrons. The Morgan fingerprint density at radius 2 is 1.80 bits per heavy atom. The molecule has 1 rings (SSSR count). The molecule has 1 N–H and O–H groups in total. The van der Waals surface area contributed by atoms with E-state index in [0.29, 0.717) is 13.2 Å². The third-order valence-electron chi connectivity index (χ3n) is 1.21. The van der Waals surface area contributed by atoms with Crippen molar-refractivity contribution in [2.75, 3.05) is 33.0 Å². The summed E-state index contributed by atoms with van der Waals surface area (Å²) in [6.45, 7) is 3.93. The van der Waals surface area contributed by atoms with Crippen molar-refractivity contribution in [2.24, 2.45) is 0 Å². The van der Waals surface area contributed by atoms with E-state index in [0.717, 1.165) is 13.1 Å². The summed E-state index contributed by atoms with van der Waals surface area (Å²) < 4.78 is 21.0. The lowest BCUT2D eigenvalue weighted by Crippen LogP contribution is -2.26. The maximum Gasteiger partial charge on any atom is 0.327 e. The molecule has 1 saturated heterocycles. The fourth-order valence-electron chi connectivity index (χ4n) is 0.730. The topological polar surface area (TPSA) is 47.6 Å². The van der Waals surface area contributed by atoms with E-state index in [2.05, 4.69) is 5.32 Å². The van der Waals surface area contributed by atoms with Crippen LogP contribution in [0.2, 0.25) is 0 Å². The molecule has 1 aliphatic rings. The molecule has 0 aromatic rings. The fraction of sp³-hybridized carbons (Fsp3) is 1.00. The lowest BCUT2D eigenvalue weighted by Gasteiger charge is -2.17. The second kappa shape index (κ2) is 3.49. The normalized spacial score (nSPS) is 26.9. The summed E-state index contributed by atoms with van der Waals surface area (Å²) in [7, 11) is -2.70. The van der Waals surface area contributed by atoms with Crippen LogP contribution in [0.3, 0.4) is 0 Å². The van der Waals surface area contributed by atoms with E-state index in [9.17, 15) is 4.57 Å². The monoisotopic (exact) mass is 165 g/mol. The predicted molar refractivity (Wildman–Crippen MR) is 38.3 cm³/mol. The van der Waals surface area contributed by atoms with Crippen molar-refractivity contribution in [1.29, 1.82) is 0 Å². The maximum atomic E-state index is 11.1. The number of nitrogens with one attached hydrogen (secondary N) is 1. The summed E-state index contributed by atoms with van der Waals surface area (Å²) in [6, 6.07) is 0. The molecule has 0 unspecified atom stereocenters. The lowest BCUT2D eigenvalue weighted by molar-refractivity contribution is 0.191. The number of hydrogen-bond acceptors (Lipinski definition) is 4. The molecule has 5 heteroatoms. The van der Waals surface area contributed by atoms with E-state index in [1.165, 1.54) is 6.66 Å². The second-order valence-electron chi connectivity index (χ2n) is 2.19. The minimum atomic E-state index is -2.70. The van der Waals surface area contributed by atoms with Crippen molar-refractivity contribution in [3.63, 3.8) is 0 Å². The Morgan fingerprint density at radius 1 is 1.30 bits per heavy atom. The van der Waals surface area contributed by atoms with Crippen LogP contribution in [0, 0.1) is 0 Å². The van der Waals surface area contributed by atoms with Crippen LogP contribution >= 0.6 is 7.60 Å². The van der Waals surface area contributed by atoms with Gasteiger partial charge in [-0.1, -0.05) is 0 Å². The van der Waals surface area contributed by atoms with Gasteiger partial charge in [0.05, 0.1) is 13.2 Å². The summed E-state index contributed by atoms with van der Waals surface area (Å²) in [5, 5.41) is 3.05. The van der Waals surface area contributed by atoms with Crippen LogP contribution < -0.4 is 5.32 Å². The summed E-state index contributed by atoms with van der Waals surface area (Å²) in [5.41, 5.74) is 0. The molecular formula is C5H12NO3P. The minimum absolute atomic E-state index is 0.466. The highest BCUT2D eigenvalue weighted by Crippen LogP contribution is 2.43. The van der Waals surface area contributed by atoms with E-state index in [4.69, 9.17) is 9.05 Å². The Balaban J connectivity index is 2.38. The van der Waals surface area contributed by atoms with E-state index in [-0.39, 0.29) is 0 Å². The van der Waals surface area contributed by atoms with Crippen molar-refractivity contribution in [2.45, 2.75) is 0 Å². The van der Waals surface area contributed by atoms with Gasteiger partial charge in [-0.3, -0.25) is 4.57 Å². The van der Waals surface area contributed by atoms with Crippen molar-refractivity contribution < 1.29 is 13.6 Å². The molecule has 1 heterocycles. The van der Waals surface area contributed by atoms with Gasteiger partial charge < -0.3 is 14.4 Å². The van der Waals surface area contributed by atoms with Crippen LogP contribution in [0.1, 0.15) is 0 Å². The van der Waals surface area contributed by atoms with Crippen molar-refractivity contribution in [3.8, 4) is 0 Å². The fourth-order valence-corrected chi connectivity index (χ4v) is 1.65. The SMILES string of the molecule is CP1(=O)OCCNCCO1. The molecule has 60 valence electrons. The van der Waals surface area contributed by atoms with Gasteiger partial charge in [0.15, 0.2) is 0 Å². The summed E-state index contributed by atoms with van der Waals surface area (Å²) >= 11 is 0. The van der Waals surface area contributed by atoms with Gasteiger partial charge >= 0.3 is 7.60 Å². The first-order valence-electron chi connectivity index (χ1n) is 3.28. The van der Waals surface area contributed by atoms with Gasteiger partial charge in [0.2, 0.25) is 0 Å². The summed E-state index contributed by atoms with van der Waals surface area (Å²) in [4.78, 5) is 0. The van der Waals surface area contributed by atoms with Gasteiger partial charge in [0.25, 0.3) is 0 Å². The Labute approximate surface area is 60.4 Å². The van der Waals surface area contributed by atoms with E-state index >= 15 is 0 Å². The van der Waals surface area contributed by atoms with Gasteiger partial charge in [-0.15, -0.1) is 0 Å². The molecule has 1 fully saturated rings. The highest BCUT2D eigenvalue weighted by Gasteiger charge is 2.17. The van der Waals surface area contributed by atoms with Crippen LogP contribution in [0.15, 0.2) is 0 Å². The Kier molecular flexibility index (Phi) is 2.86. The minimum Gasteiger partial charge on any atom is -0.312 e. The third-order valence-corrected chi connectivity index (χ3v) is 2.51. The van der Waals surface area contributed by atoms with Crippen LogP contribution in [0.5, 0.6) is 0 Å². The van der Waals surface area contributed by atoms with Gasteiger partial charge in [0.1, 0.15) is 0 Å². The van der Waals surface area contributed by atoms with Crippen molar-refractivity contribution in [3.05, 3.63) is 0 Å². The highest BCUT2D eigenvalue weighted by atomic mass is 31.2. The van der Waals surface area contributed by atoms with E-state index < -0.39 is 7.60 Å². The Bertz CT molecular complexity index is 138. The van der Waals surface area contributed by atoms with Gasteiger partial charge in [-0.05, 0) is 0 Å². The second-order valence-corrected chi connectivity index (χ2v) is 4.25. The average Bonchev–Trinajstić information content (AvgIpc) is 1.81. The Hall–Kier alpha value is 0.110. The molecule has 0 saturated carbocycles. The van der Waals surface area contributed by atoms with Crippen LogP contribution in [0.4, 0.5) is 0 Å². The molecule has 0 bridgehead atoms. The van der Waals surface area contributed by atoms with Gasteiger partial charge in [0, 0.05) is 19.8 Å². The zero-order chi connectivity index (χ0) is 7.45. The molecule has 0 spiro atoms. The third kappa shape index (κ3) is 2.80. The quantitative estimate of drug-likeness (QED) is 0.529. The van der Waals surface area contributed by atoms with E-state index in [1.807, 2.05) is 0 Å². The molecule has 0 aromatic heterocycles. The maximum absolute atomic E-state index is 11.1. The Morgan fingerprint density at radius 3 is 2.30 bits per heavy atom. The zero-order valence-corrected chi connectivity index (χ0v) is 6.89. The molecule has 0 amide bonds. The predicted octanol–water partition coefficient (Wildman–Crippen LogP) is 0.446. The van der Waals surface area contributed by atoms with Gasteiger partial charge in [-0.25, -0.2) is 0 Å². The molecule has 0 aromatic carbocycles. The molecule has 0 atom stereocenters. The smallest absolute Gasteiger partial charge is 0.312 e. The summed E-state index contributed by atoms with van der Waals surface area (Å²) in [5.74, 6) is 0. The molecule has 10 heavy (non-hydrogen) atoms. The van der Waals surface area contributed by atoms with Gasteiger partial charge in [-0.2, -0.15) is 0 Å². The molecular weight excluding hydrogens is 153 g/mol. The first-order chi connectivity index (χ1) is 4.71. The number of hydrogen-bond donors (Lipinski definition) is 1. The molecule has 1 aliphatic heterocycles. The van der Waals surface area contributed by atoms with E-state index in [1.54, 1.807) is 0 Å². The first kappa shape index (κ1) is 8.21. The first-order valence-corrected chi connectivity index (χ1v) is 5.27. The average molecular weight is 165 g/mol. The zero-order valence-electron chi connectivity index (χ0n) is 6.00. The van der Waals surface area contributed by atoms with Crippen LogP contribution in [-0.2, 0) is 13.6 Å². The van der Waals surface area contributed by atoms with Crippen LogP contribution in [-0.4, -0.2) is 33.0 Å². The molecule has 0 aliphatic carbocycles. The molecule has 4 nitrogen and oxygen atoms in total.